The van der Waals surface area contributed by atoms with Crippen molar-refractivity contribution in [2.75, 3.05) is 25.5 Å². The molecule has 5 nitrogen and oxygen atoms in total. The minimum Gasteiger partial charge on any atom is -0.480 e. The van der Waals surface area contributed by atoms with Gasteiger partial charge in [0.2, 0.25) is 5.91 Å². The fourth-order valence-electron chi connectivity index (χ4n) is 1.60. The molecule has 0 aromatic heterocycles. The molecular weight excluding hydrogens is 232 g/mol. The Bertz CT molecular complexity index is 432. The van der Waals surface area contributed by atoms with E-state index in [1.54, 1.807) is 7.05 Å². The number of carboxylic acids is 1. The zero-order valence-corrected chi connectivity index (χ0v) is 10.6. The van der Waals surface area contributed by atoms with E-state index in [0.29, 0.717) is 0 Å². The number of hydrogen-bond acceptors (Lipinski definition) is 3. The largest absolute Gasteiger partial charge is 0.480 e. The van der Waals surface area contributed by atoms with Crippen molar-refractivity contribution >= 4 is 17.6 Å². The summed E-state index contributed by atoms with van der Waals surface area (Å²) in [6, 6.07) is 7.60. The monoisotopic (exact) mass is 250 g/mol. The lowest BCUT2D eigenvalue weighted by Gasteiger charge is -2.13. The summed E-state index contributed by atoms with van der Waals surface area (Å²) < 4.78 is 0. The van der Waals surface area contributed by atoms with Gasteiger partial charge >= 0.3 is 5.97 Å². The summed E-state index contributed by atoms with van der Waals surface area (Å²) in [5.74, 6) is -1.16. The molecule has 0 saturated carbocycles. The lowest BCUT2D eigenvalue weighted by atomic mass is 10.1. The molecule has 0 atom stereocenters. The smallest absolute Gasteiger partial charge is 0.317 e. The van der Waals surface area contributed by atoms with Crippen LogP contribution in [0.25, 0.3) is 0 Å². The first-order valence-corrected chi connectivity index (χ1v) is 5.80. The Morgan fingerprint density at radius 2 is 2.06 bits per heavy atom. The van der Waals surface area contributed by atoms with Gasteiger partial charge in [-0.05, 0) is 31.2 Å². The molecule has 0 aliphatic rings. The third-order valence-corrected chi connectivity index (χ3v) is 2.44. The van der Waals surface area contributed by atoms with E-state index in [-0.39, 0.29) is 19.0 Å². The number of amides is 1. The van der Waals surface area contributed by atoms with E-state index in [2.05, 4.69) is 5.32 Å². The summed E-state index contributed by atoms with van der Waals surface area (Å²) in [7, 11) is 1.59. The van der Waals surface area contributed by atoms with Gasteiger partial charge in [0.15, 0.2) is 0 Å². The maximum absolute atomic E-state index is 11.7. The molecule has 5 heteroatoms. The molecule has 0 unspecified atom stereocenters. The van der Waals surface area contributed by atoms with Crippen molar-refractivity contribution in [1.29, 1.82) is 0 Å². The van der Waals surface area contributed by atoms with Gasteiger partial charge in [-0.25, -0.2) is 0 Å². The number of nitrogens with zero attached hydrogens (tertiary/aromatic N) is 1. The minimum atomic E-state index is -0.946. The molecule has 0 bridgehead atoms. The third-order valence-electron chi connectivity index (χ3n) is 2.44. The highest BCUT2D eigenvalue weighted by Gasteiger charge is 2.09. The molecule has 0 fully saturated rings. The number of anilines is 1. The van der Waals surface area contributed by atoms with Crippen molar-refractivity contribution in [1.82, 2.24) is 4.90 Å². The molecule has 1 rings (SSSR count). The second-order valence-electron chi connectivity index (χ2n) is 4.17. The van der Waals surface area contributed by atoms with Crippen molar-refractivity contribution in [3.63, 3.8) is 0 Å². The molecule has 0 spiro atoms. The number of benzene rings is 1. The fraction of sp³-hybridized carbons (Fsp3) is 0.385. The van der Waals surface area contributed by atoms with Gasteiger partial charge in [-0.15, -0.1) is 0 Å². The van der Waals surface area contributed by atoms with Crippen LogP contribution in [0.5, 0.6) is 0 Å². The molecule has 1 aromatic rings. The molecule has 0 aliphatic carbocycles. The highest BCUT2D eigenvalue weighted by molar-refractivity contribution is 5.92. The first-order valence-electron chi connectivity index (χ1n) is 5.80. The lowest BCUT2D eigenvalue weighted by molar-refractivity contribution is -0.138. The zero-order valence-electron chi connectivity index (χ0n) is 10.6. The first-order chi connectivity index (χ1) is 8.51. The number of likely N-dealkylation sites (N-methyl/N-ethyl adjacent to an activating group) is 1. The molecule has 1 aromatic carbocycles. The van der Waals surface area contributed by atoms with Gasteiger partial charge in [-0.2, -0.15) is 0 Å². The fourth-order valence-corrected chi connectivity index (χ4v) is 1.60. The van der Waals surface area contributed by atoms with Gasteiger partial charge < -0.3 is 10.4 Å². The highest BCUT2D eigenvalue weighted by atomic mass is 16.4. The highest BCUT2D eigenvalue weighted by Crippen LogP contribution is 2.10. The minimum absolute atomic E-state index is 0.0582. The van der Waals surface area contributed by atoms with E-state index < -0.39 is 5.97 Å². The van der Waals surface area contributed by atoms with Crippen LogP contribution in [0.3, 0.4) is 0 Å². The standard InChI is InChI=1S/C13H18N2O3/c1-3-10-5-4-6-11(7-10)14-12(16)8-15(2)9-13(17)18/h4-7H,3,8-9H2,1-2H3,(H,14,16)(H,17,18). The maximum atomic E-state index is 11.7. The molecule has 98 valence electrons. The summed E-state index contributed by atoms with van der Waals surface area (Å²) in [4.78, 5) is 23.6. The number of carbonyl (C=O) groups excluding carboxylic acids is 1. The average molecular weight is 250 g/mol. The summed E-state index contributed by atoms with van der Waals surface area (Å²) in [6.45, 7) is 1.95. The Hall–Kier alpha value is -1.88. The maximum Gasteiger partial charge on any atom is 0.317 e. The second-order valence-corrected chi connectivity index (χ2v) is 4.17. The van der Waals surface area contributed by atoms with Gasteiger partial charge in [0.05, 0.1) is 13.1 Å². The van der Waals surface area contributed by atoms with Gasteiger partial charge in [0.1, 0.15) is 0 Å². The summed E-state index contributed by atoms with van der Waals surface area (Å²) in [5.41, 5.74) is 1.88. The Morgan fingerprint density at radius 3 is 2.67 bits per heavy atom. The molecule has 0 heterocycles. The van der Waals surface area contributed by atoms with E-state index in [1.807, 2.05) is 31.2 Å². The molecule has 0 aliphatic heterocycles. The van der Waals surface area contributed by atoms with Crippen LogP contribution >= 0.6 is 0 Å². The van der Waals surface area contributed by atoms with Crippen molar-refractivity contribution < 1.29 is 14.7 Å². The average Bonchev–Trinajstić information content (AvgIpc) is 2.27. The molecule has 0 radical (unpaired) electrons. The Kier molecular flexibility index (Phi) is 5.32. The predicted octanol–water partition coefficient (Wildman–Crippen LogP) is 1.20. The van der Waals surface area contributed by atoms with Crippen molar-refractivity contribution in [3.8, 4) is 0 Å². The first kappa shape index (κ1) is 14.2. The number of rotatable bonds is 6. The Balaban J connectivity index is 2.51. The van der Waals surface area contributed by atoms with Crippen molar-refractivity contribution in [2.24, 2.45) is 0 Å². The molecular formula is C13H18N2O3. The molecule has 2 N–H and O–H groups in total. The van der Waals surface area contributed by atoms with Crippen LogP contribution in [0.2, 0.25) is 0 Å². The molecule has 0 saturated heterocycles. The second kappa shape index (κ2) is 6.76. The van der Waals surface area contributed by atoms with Gasteiger partial charge in [-0.1, -0.05) is 19.1 Å². The third kappa shape index (κ3) is 4.97. The van der Waals surface area contributed by atoms with Crippen molar-refractivity contribution in [2.45, 2.75) is 13.3 Å². The van der Waals surface area contributed by atoms with Crippen LogP contribution in [-0.2, 0) is 16.0 Å². The summed E-state index contributed by atoms with van der Waals surface area (Å²) >= 11 is 0. The van der Waals surface area contributed by atoms with E-state index >= 15 is 0 Å². The normalized spacial score (nSPS) is 10.4. The number of aliphatic carboxylic acids is 1. The number of carboxylic acid groups (broad SMARTS) is 1. The van der Waals surface area contributed by atoms with E-state index in [1.165, 1.54) is 4.90 Å². The van der Waals surface area contributed by atoms with Crippen LogP contribution < -0.4 is 5.32 Å². The van der Waals surface area contributed by atoms with E-state index in [0.717, 1.165) is 17.7 Å². The van der Waals surface area contributed by atoms with E-state index in [9.17, 15) is 9.59 Å². The summed E-state index contributed by atoms with van der Waals surface area (Å²) in [6.07, 6.45) is 0.905. The quantitative estimate of drug-likeness (QED) is 0.796. The van der Waals surface area contributed by atoms with Crippen LogP contribution in [0.1, 0.15) is 12.5 Å². The van der Waals surface area contributed by atoms with Crippen LogP contribution in [0, 0.1) is 0 Å². The number of hydrogen-bond donors (Lipinski definition) is 2. The van der Waals surface area contributed by atoms with Crippen molar-refractivity contribution in [3.05, 3.63) is 29.8 Å². The number of nitrogens with one attached hydrogen (secondary N) is 1. The predicted molar refractivity (Wildman–Crippen MR) is 69.6 cm³/mol. The van der Waals surface area contributed by atoms with E-state index in [4.69, 9.17) is 5.11 Å². The van der Waals surface area contributed by atoms with Gasteiger partial charge in [0.25, 0.3) is 0 Å². The lowest BCUT2D eigenvalue weighted by Crippen LogP contribution is -2.33. The van der Waals surface area contributed by atoms with Gasteiger partial charge in [0, 0.05) is 5.69 Å². The molecule has 18 heavy (non-hydrogen) atoms. The van der Waals surface area contributed by atoms with Crippen LogP contribution in [0.15, 0.2) is 24.3 Å². The number of carbonyl (C=O) groups is 2. The Labute approximate surface area is 106 Å². The zero-order chi connectivity index (χ0) is 13.5. The SMILES string of the molecule is CCc1cccc(NC(=O)CN(C)CC(=O)O)c1. The number of aryl methyl sites for hydroxylation is 1. The summed E-state index contributed by atoms with van der Waals surface area (Å²) in [5, 5.41) is 11.3. The topological polar surface area (TPSA) is 69.6 Å². The van der Waals surface area contributed by atoms with Crippen LogP contribution in [-0.4, -0.2) is 42.0 Å². The van der Waals surface area contributed by atoms with Gasteiger partial charge in [-0.3, -0.25) is 14.5 Å². The Morgan fingerprint density at radius 1 is 1.33 bits per heavy atom. The van der Waals surface area contributed by atoms with Crippen LogP contribution in [0.4, 0.5) is 5.69 Å². The molecule has 1 amide bonds.